The minimum absolute atomic E-state index is 0.711. The smallest absolute Gasteiger partial charge is 0.0734 e. The zero-order chi connectivity index (χ0) is 8.84. The molecule has 3 rings (SSSR count). The van der Waals surface area contributed by atoms with Gasteiger partial charge in [-0.1, -0.05) is 6.07 Å². The summed E-state index contributed by atoms with van der Waals surface area (Å²) in [7, 11) is 0. The lowest BCUT2D eigenvalue weighted by Gasteiger charge is -1.96. The number of aryl methyl sites for hydroxylation is 1. The van der Waals surface area contributed by atoms with Crippen molar-refractivity contribution in [3.05, 3.63) is 29.5 Å². The summed E-state index contributed by atoms with van der Waals surface area (Å²) >= 11 is 0. The van der Waals surface area contributed by atoms with E-state index in [2.05, 4.69) is 23.2 Å². The van der Waals surface area contributed by atoms with Crippen LogP contribution in [0, 0.1) is 13.0 Å². The minimum Gasteiger partial charge on any atom is -0.278 e. The van der Waals surface area contributed by atoms with Gasteiger partial charge >= 0.3 is 0 Å². The summed E-state index contributed by atoms with van der Waals surface area (Å²) in [5, 5.41) is 8.75. The summed E-state index contributed by atoms with van der Waals surface area (Å²) in [6, 6.07) is 7.22. The molecule has 2 aromatic rings. The predicted molar refractivity (Wildman–Crippen MR) is 51.6 cm³/mol. The van der Waals surface area contributed by atoms with Crippen LogP contribution in [0.25, 0.3) is 10.9 Å². The van der Waals surface area contributed by atoms with Gasteiger partial charge in [0.15, 0.2) is 0 Å². The molecule has 1 aliphatic carbocycles. The molecule has 1 N–H and O–H groups in total. The van der Waals surface area contributed by atoms with Crippen molar-refractivity contribution < 1.29 is 0 Å². The van der Waals surface area contributed by atoms with E-state index in [9.17, 15) is 0 Å². The van der Waals surface area contributed by atoms with Gasteiger partial charge in [0.05, 0.1) is 11.2 Å². The van der Waals surface area contributed by atoms with Crippen LogP contribution in [0.2, 0.25) is 0 Å². The molecule has 0 aliphatic heterocycles. The summed E-state index contributed by atoms with van der Waals surface area (Å²) in [6.07, 6.45) is 2.60. The summed E-state index contributed by atoms with van der Waals surface area (Å²) in [6.45, 7) is 2.10. The van der Waals surface area contributed by atoms with Crippen LogP contribution in [0.3, 0.4) is 0 Å². The van der Waals surface area contributed by atoms with Crippen LogP contribution in [0.1, 0.15) is 30.0 Å². The molecule has 1 fully saturated rings. The Balaban J connectivity index is 2.34. The predicted octanol–water partition coefficient (Wildman–Crippen LogP) is 2.55. The average molecular weight is 171 g/mol. The first-order chi connectivity index (χ1) is 6.36. The van der Waals surface area contributed by atoms with Gasteiger partial charge in [0, 0.05) is 11.3 Å². The maximum Gasteiger partial charge on any atom is 0.0734 e. The topological polar surface area (TPSA) is 28.7 Å². The fraction of sp³-hybridized carbons (Fsp3) is 0.364. The van der Waals surface area contributed by atoms with Crippen LogP contribution < -0.4 is 0 Å². The molecule has 1 aromatic carbocycles. The quantitative estimate of drug-likeness (QED) is 0.701. The molecule has 65 valence electrons. The first-order valence-electron chi connectivity index (χ1n) is 4.71. The number of benzene rings is 1. The average Bonchev–Trinajstić information content (AvgIpc) is 2.87. The lowest BCUT2D eigenvalue weighted by molar-refractivity contribution is 0.978. The van der Waals surface area contributed by atoms with Gasteiger partial charge in [-0.25, -0.2) is 0 Å². The van der Waals surface area contributed by atoms with Crippen molar-refractivity contribution in [2.75, 3.05) is 0 Å². The summed E-state index contributed by atoms with van der Waals surface area (Å²) in [4.78, 5) is 0. The zero-order valence-electron chi connectivity index (χ0n) is 7.59. The molecule has 13 heavy (non-hydrogen) atoms. The molecular formula is C11H11N2. The number of aromatic nitrogens is 2. The first kappa shape index (κ1) is 7.13. The summed E-state index contributed by atoms with van der Waals surface area (Å²) in [5.41, 5.74) is 3.62. The summed E-state index contributed by atoms with van der Waals surface area (Å²) < 4.78 is 0. The fourth-order valence-corrected chi connectivity index (χ4v) is 1.86. The highest BCUT2D eigenvalue weighted by Crippen LogP contribution is 2.42. The Labute approximate surface area is 77.0 Å². The van der Waals surface area contributed by atoms with Crippen LogP contribution in [-0.2, 0) is 0 Å². The highest BCUT2D eigenvalue weighted by Gasteiger charge is 2.28. The number of fused-ring (bicyclic) bond motifs is 1. The van der Waals surface area contributed by atoms with E-state index >= 15 is 0 Å². The third-order valence-electron chi connectivity index (χ3n) is 2.71. The van der Waals surface area contributed by atoms with E-state index in [1.165, 1.54) is 29.5 Å². The molecule has 2 heteroatoms. The number of hydrogen-bond acceptors (Lipinski definition) is 1. The maximum absolute atomic E-state index is 4.37. The Kier molecular flexibility index (Phi) is 1.29. The van der Waals surface area contributed by atoms with E-state index in [0.29, 0.717) is 5.92 Å². The summed E-state index contributed by atoms with van der Waals surface area (Å²) in [5.74, 6) is 0.711. The fourth-order valence-electron chi connectivity index (χ4n) is 1.86. The molecule has 1 radical (unpaired) electrons. The largest absolute Gasteiger partial charge is 0.278 e. The Morgan fingerprint density at radius 3 is 3.15 bits per heavy atom. The van der Waals surface area contributed by atoms with Crippen LogP contribution in [0.5, 0.6) is 0 Å². The number of hydrogen-bond donors (Lipinski definition) is 1. The van der Waals surface area contributed by atoms with Gasteiger partial charge in [0.1, 0.15) is 0 Å². The van der Waals surface area contributed by atoms with Crippen molar-refractivity contribution in [3.8, 4) is 0 Å². The van der Waals surface area contributed by atoms with Crippen molar-refractivity contribution >= 4 is 10.9 Å². The lowest BCUT2D eigenvalue weighted by Crippen LogP contribution is -1.81. The molecule has 0 saturated heterocycles. The third kappa shape index (κ3) is 0.981. The maximum atomic E-state index is 4.37. The highest BCUT2D eigenvalue weighted by molar-refractivity contribution is 5.85. The van der Waals surface area contributed by atoms with E-state index in [1.807, 2.05) is 12.1 Å². The molecule has 0 amide bonds. The van der Waals surface area contributed by atoms with E-state index in [4.69, 9.17) is 0 Å². The van der Waals surface area contributed by atoms with E-state index < -0.39 is 0 Å². The monoisotopic (exact) mass is 171 g/mol. The second-order valence-corrected chi connectivity index (χ2v) is 3.77. The lowest BCUT2D eigenvalue weighted by atomic mass is 10.1. The minimum atomic E-state index is 0.711. The number of aromatic amines is 1. The molecule has 2 nitrogen and oxygen atoms in total. The van der Waals surface area contributed by atoms with Gasteiger partial charge in [0.25, 0.3) is 0 Å². The van der Waals surface area contributed by atoms with Crippen molar-refractivity contribution in [3.63, 3.8) is 0 Å². The van der Waals surface area contributed by atoms with E-state index in [-0.39, 0.29) is 0 Å². The molecule has 0 unspecified atom stereocenters. The molecule has 1 aliphatic rings. The van der Waals surface area contributed by atoms with Gasteiger partial charge in [-0.2, -0.15) is 5.10 Å². The molecule has 0 bridgehead atoms. The van der Waals surface area contributed by atoms with Crippen LogP contribution in [0.15, 0.2) is 12.1 Å². The van der Waals surface area contributed by atoms with Crippen LogP contribution in [-0.4, -0.2) is 10.2 Å². The van der Waals surface area contributed by atoms with Crippen molar-refractivity contribution in [2.45, 2.75) is 25.7 Å². The van der Waals surface area contributed by atoms with Gasteiger partial charge in [-0.3, -0.25) is 5.10 Å². The Morgan fingerprint density at radius 1 is 1.54 bits per heavy atom. The van der Waals surface area contributed by atoms with E-state index in [0.717, 1.165) is 5.52 Å². The highest BCUT2D eigenvalue weighted by atomic mass is 15.1. The first-order valence-corrected chi connectivity index (χ1v) is 4.71. The van der Waals surface area contributed by atoms with Gasteiger partial charge in [-0.15, -0.1) is 0 Å². The number of rotatable bonds is 1. The zero-order valence-corrected chi connectivity index (χ0v) is 7.59. The molecule has 1 aromatic heterocycles. The number of nitrogens with one attached hydrogen (secondary N) is 1. The number of nitrogens with zero attached hydrogens (tertiary/aromatic N) is 1. The Bertz CT molecular complexity index is 452. The van der Waals surface area contributed by atoms with Crippen molar-refractivity contribution in [2.24, 2.45) is 0 Å². The van der Waals surface area contributed by atoms with Crippen molar-refractivity contribution in [1.29, 1.82) is 0 Å². The van der Waals surface area contributed by atoms with Crippen LogP contribution in [0.4, 0.5) is 0 Å². The second-order valence-electron chi connectivity index (χ2n) is 3.77. The van der Waals surface area contributed by atoms with Gasteiger partial charge in [0.2, 0.25) is 0 Å². The van der Waals surface area contributed by atoms with E-state index in [1.54, 1.807) is 0 Å². The molecule has 1 heterocycles. The normalized spacial score (nSPS) is 16.7. The third-order valence-corrected chi connectivity index (χ3v) is 2.71. The molecule has 0 spiro atoms. The second kappa shape index (κ2) is 2.34. The molecule has 1 saturated carbocycles. The SMILES string of the molecule is Cc1[c]ccc2[nH]nc(C3CC3)c12. The standard InChI is InChI=1S/C11H11N2/c1-7-3-2-4-9-10(7)11(13-12-9)8-5-6-8/h2,4,8H,5-6H2,1H3,(H,12,13). The molecule has 0 atom stereocenters. The Hall–Kier alpha value is -1.31. The van der Waals surface area contributed by atoms with Gasteiger partial charge in [-0.05, 0) is 37.5 Å². The number of H-pyrrole nitrogens is 1. The Morgan fingerprint density at radius 2 is 2.38 bits per heavy atom. The molecular weight excluding hydrogens is 160 g/mol. The van der Waals surface area contributed by atoms with Crippen molar-refractivity contribution in [1.82, 2.24) is 10.2 Å². The van der Waals surface area contributed by atoms with Crippen LogP contribution >= 0.6 is 0 Å². The van der Waals surface area contributed by atoms with Gasteiger partial charge < -0.3 is 0 Å².